The smallest absolute Gasteiger partial charge is 0.242 e. The predicted molar refractivity (Wildman–Crippen MR) is 65.4 cm³/mol. The molecule has 0 radical (unpaired) electrons. The molecular formula is C11H18N2O3S. The first-order chi connectivity index (χ1) is 8.08. The van der Waals surface area contributed by atoms with Crippen LogP contribution < -0.4 is 0 Å². The molecule has 5 nitrogen and oxygen atoms in total. The molecule has 2 amide bonds. The van der Waals surface area contributed by atoms with Gasteiger partial charge >= 0.3 is 0 Å². The van der Waals surface area contributed by atoms with Gasteiger partial charge in [0.25, 0.3) is 0 Å². The Balaban J connectivity index is 1.85. The fourth-order valence-corrected chi connectivity index (χ4v) is 3.07. The monoisotopic (exact) mass is 258 g/mol. The van der Waals surface area contributed by atoms with Gasteiger partial charge in [-0.3, -0.25) is 9.59 Å². The Hall–Kier alpha value is -0.750. The number of thioether (sulfide) groups is 1. The van der Waals surface area contributed by atoms with E-state index >= 15 is 0 Å². The lowest BCUT2D eigenvalue weighted by molar-refractivity contribution is -0.140. The average molecular weight is 258 g/mol. The van der Waals surface area contributed by atoms with Crippen LogP contribution in [0.3, 0.4) is 0 Å². The molecule has 0 aromatic carbocycles. The SMILES string of the molecule is CC1CN(C(=O)CN2CSCC2=O)CCC1O. The van der Waals surface area contributed by atoms with Gasteiger partial charge < -0.3 is 14.9 Å². The van der Waals surface area contributed by atoms with Crippen LogP contribution in [0.5, 0.6) is 0 Å². The molecule has 0 bridgehead atoms. The number of carbonyl (C=O) groups is 2. The molecule has 6 heteroatoms. The van der Waals surface area contributed by atoms with E-state index in [2.05, 4.69) is 0 Å². The molecule has 0 aliphatic carbocycles. The molecule has 2 atom stereocenters. The van der Waals surface area contributed by atoms with E-state index in [4.69, 9.17) is 0 Å². The third-order valence-corrected chi connectivity index (χ3v) is 4.31. The fourth-order valence-electron chi connectivity index (χ4n) is 2.16. The van der Waals surface area contributed by atoms with E-state index < -0.39 is 0 Å². The van der Waals surface area contributed by atoms with E-state index in [9.17, 15) is 14.7 Å². The van der Waals surface area contributed by atoms with Crippen molar-refractivity contribution in [1.82, 2.24) is 9.80 Å². The number of hydrogen-bond donors (Lipinski definition) is 1. The molecule has 0 aromatic heterocycles. The van der Waals surface area contributed by atoms with E-state index in [1.807, 2.05) is 6.92 Å². The number of nitrogens with zero attached hydrogens (tertiary/aromatic N) is 2. The Kier molecular flexibility index (Phi) is 3.93. The molecule has 96 valence electrons. The number of aliphatic hydroxyl groups excluding tert-OH is 1. The molecule has 0 aromatic rings. The van der Waals surface area contributed by atoms with E-state index in [-0.39, 0.29) is 30.4 Å². The van der Waals surface area contributed by atoms with Crippen molar-refractivity contribution in [2.24, 2.45) is 5.92 Å². The molecule has 2 rings (SSSR count). The van der Waals surface area contributed by atoms with E-state index in [1.165, 1.54) is 0 Å². The number of aliphatic hydroxyl groups is 1. The molecule has 0 saturated carbocycles. The molecular weight excluding hydrogens is 240 g/mol. The van der Waals surface area contributed by atoms with Gasteiger partial charge in [-0.1, -0.05) is 6.92 Å². The number of rotatable bonds is 2. The lowest BCUT2D eigenvalue weighted by Crippen LogP contribution is -2.48. The maximum atomic E-state index is 12.0. The summed E-state index contributed by atoms with van der Waals surface area (Å²) in [6.45, 7) is 3.32. The minimum atomic E-state index is -0.303. The van der Waals surface area contributed by atoms with Crippen LogP contribution in [0.15, 0.2) is 0 Å². The van der Waals surface area contributed by atoms with Gasteiger partial charge in [-0.15, -0.1) is 11.8 Å². The van der Waals surface area contributed by atoms with Crippen LogP contribution >= 0.6 is 11.8 Å². The van der Waals surface area contributed by atoms with E-state index in [1.54, 1.807) is 21.6 Å². The molecule has 2 unspecified atom stereocenters. The summed E-state index contributed by atoms with van der Waals surface area (Å²) in [6.07, 6.45) is 0.332. The molecule has 1 N–H and O–H groups in total. The number of likely N-dealkylation sites (tertiary alicyclic amines) is 1. The van der Waals surface area contributed by atoms with Crippen LogP contribution in [0.25, 0.3) is 0 Å². The number of hydrogen-bond acceptors (Lipinski definition) is 4. The third-order valence-electron chi connectivity index (χ3n) is 3.36. The lowest BCUT2D eigenvalue weighted by Gasteiger charge is -2.35. The van der Waals surface area contributed by atoms with Crippen LogP contribution in [-0.4, -0.2) is 64.1 Å². The zero-order valence-electron chi connectivity index (χ0n) is 9.96. The fraction of sp³-hybridized carbons (Fsp3) is 0.818. The summed E-state index contributed by atoms with van der Waals surface area (Å²) in [5.74, 6) is 1.28. The number of carbonyl (C=O) groups excluding carboxylic acids is 2. The summed E-state index contributed by atoms with van der Waals surface area (Å²) < 4.78 is 0. The van der Waals surface area contributed by atoms with Crippen LogP contribution in [0.4, 0.5) is 0 Å². The maximum absolute atomic E-state index is 12.0. The largest absolute Gasteiger partial charge is 0.393 e. The first-order valence-corrected chi connectivity index (χ1v) is 7.04. The zero-order valence-corrected chi connectivity index (χ0v) is 10.8. The van der Waals surface area contributed by atoms with Gasteiger partial charge in [-0.05, 0) is 12.3 Å². The molecule has 0 spiro atoms. The molecule has 2 heterocycles. The first kappa shape index (κ1) is 12.7. The Bertz CT molecular complexity index is 324. The highest BCUT2D eigenvalue weighted by Crippen LogP contribution is 2.18. The van der Waals surface area contributed by atoms with Gasteiger partial charge in [-0.2, -0.15) is 0 Å². The average Bonchev–Trinajstić information content (AvgIpc) is 2.68. The molecule has 2 aliphatic rings. The summed E-state index contributed by atoms with van der Waals surface area (Å²) in [4.78, 5) is 26.8. The summed E-state index contributed by atoms with van der Waals surface area (Å²) in [5, 5.41) is 9.60. The van der Waals surface area contributed by atoms with Gasteiger partial charge in [0.05, 0.1) is 17.7 Å². The Morgan fingerprint density at radius 3 is 2.94 bits per heavy atom. The third kappa shape index (κ3) is 2.93. The van der Waals surface area contributed by atoms with Crippen molar-refractivity contribution >= 4 is 23.6 Å². The van der Waals surface area contributed by atoms with Gasteiger partial charge in [-0.25, -0.2) is 0 Å². The van der Waals surface area contributed by atoms with Crippen molar-refractivity contribution < 1.29 is 14.7 Å². The second kappa shape index (κ2) is 5.27. The van der Waals surface area contributed by atoms with Crippen LogP contribution in [0.2, 0.25) is 0 Å². The van der Waals surface area contributed by atoms with E-state index in [0.29, 0.717) is 31.1 Å². The molecule has 2 fully saturated rings. The Morgan fingerprint density at radius 1 is 1.59 bits per heavy atom. The van der Waals surface area contributed by atoms with Crippen molar-refractivity contribution in [3.05, 3.63) is 0 Å². The molecule has 17 heavy (non-hydrogen) atoms. The topological polar surface area (TPSA) is 60.9 Å². The van der Waals surface area contributed by atoms with Crippen LogP contribution in [0.1, 0.15) is 13.3 Å². The van der Waals surface area contributed by atoms with Gasteiger partial charge in [0.1, 0.15) is 6.54 Å². The second-order valence-electron chi connectivity index (χ2n) is 4.74. The number of amides is 2. The van der Waals surface area contributed by atoms with Crippen molar-refractivity contribution in [1.29, 1.82) is 0 Å². The van der Waals surface area contributed by atoms with Crippen LogP contribution in [-0.2, 0) is 9.59 Å². The van der Waals surface area contributed by atoms with E-state index in [0.717, 1.165) is 0 Å². The Morgan fingerprint density at radius 2 is 2.35 bits per heavy atom. The van der Waals surface area contributed by atoms with Crippen molar-refractivity contribution in [2.45, 2.75) is 19.4 Å². The van der Waals surface area contributed by atoms with Crippen LogP contribution in [0, 0.1) is 5.92 Å². The van der Waals surface area contributed by atoms with Crippen molar-refractivity contribution in [3.63, 3.8) is 0 Å². The quantitative estimate of drug-likeness (QED) is 0.742. The highest BCUT2D eigenvalue weighted by atomic mass is 32.2. The number of piperidine rings is 1. The van der Waals surface area contributed by atoms with Gasteiger partial charge in [0.15, 0.2) is 0 Å². The normalized spacial score (nSPS) is 29.9. The first-order valence-electron chi connectivity index (χ1n) is 5.89. The molecule has 2 saturated heterocycles. The minimum absolute atomic E-state index is 0.000370. The summed E-state index contributed by atoms with van der Waals surface area (Å²) in [6, 6.07) is 0. The minimum Gasteiger partial charge on any atom is -0.393 e. The lowest BCUT2D eigenvalue weighted by atomic mass is 9.97. The molecule has 2 aliphatic heterocycles. The summed E-state index contributed by atoms with van der Waals surface area (Å²) in [5.41, 5.74) is 0. The standard InChI is InChI=1S/C11H18N2O3S/c1-8-4-12(3-2-9(8)14)10(15)5-13-7-17-6-11(13)16/h8-9,14H,2-7H2,1H3. The van der Waals surface area contributed by atoms with Crippen molar-refractivity contribution in [3.8, 4) is 0 Å². The highest BCUT2D eigenvalue weighted by Gasteiger charge is 2.30. The van der Waals surface area contributed by atoms with Crippen molar-refractivity contribution in [2.75, 3.05) is 31.3 Å². The highest BCUT2D eigenvalue weighted by molar-refractivity contribution is 8.00. The van der Waals surface area contributed by atoms with Gasteiger partial charge in [0.2, 0.25) is 11.8 Å². The summed E-state index contributed by atoms with van der Waals surface area (Å²) in [7, 11) is 0. The second-order valence-corrected chi connectivity index (χ2v) is 5.70. The van der Waals surface area contributed by atoms with Gasteiger partial charge in [0, 0.05) is 13.1 Å². The maximum Gasteiger partial charge on any atom is 0.242 e. The predicted octanol–water partition coefficient (Wildman–Crippen LogP) is -0.251. The zero-order chi connectivity index (χ0) is 12.4. The Labute approximate surface area is 105 Å². The summed E-state index contributed by atoms with van der Waals surface area (Å²) >= 11 is 1.55.